The molecule has 0 aliphatic rings. The van der Waals surface area contributed by atoms with Crippen LogP contribution in [0.2, 0.25) is 5.02 Å². The fraction of sp³-hybridized carbons (Fsp3) is 0.188. The summed E-state index contributed by atoms with van der Waals surface area (Å²) in [5.41, 5.74) is 0.433. The lowest BCUT2D eigenvalue weighted by Crippen LogP contribution is -2.14. The van der Waals surface area contributed by atoms with Gasteiger partial charge < -0.3 is 24.2 Å². The van der Waals surface area contributed by atoms with Gasteiger partial charge in [-0.25, -0.2) is 13.2 Å². The number of benzene rings is 2. The molecule has 11 heteroatoms. The number of H-pyrrole nitrogens is 2. The van der Waals surface area contributed by atoms with Crippen LogP contribution in [0.1, 0.15) is 0 Å². The molecule has 1 heterocycles. The van der Waals surface area contributed by atoms with E-state index in [4.69, 9.17) is 25.8 Å². The first-order chi connectivity index (χ1) is 12.8. The van der Waals surface area contributed by atoms with Crippen LogP contribution in [0.4, 0.5) is 5.69 Å². The number of aromatic nitrogens is 2. The zero-order chi connectivity index (χ0) is 19.8. The van der Waals surface area contributed by atoms with E-state index in [1.807, 2.05) is 0 Å². The van der Waals surface area contributed by atoms with Gasteiger partial charge in [0.25, 0.3) is 10.0 Å². The van der Waals surface area contributed by atoms with Crippen LogP contribution < -0.4 is 24.6 Å². The predicted octanol–water partition coefficient (Wildman–Crippen LogP) is 2.34. The van der Waals surface area contributed by atoms with E-state index in [1.165, 1.54) is 45.6 Å². The standard InChI is InChI=1S/C16H16ClN3O6S/c1-24-12-4-8(5-13(25-2)15(12)26-3)20-27(22,23)14-7-11-10(6-9(14)17)18-16(21)19-11/h4-7,20H,1-3H3,(H2,18,19,21). The van der Waals surface area contributed by atoms with E-state index in [1.54, 1.807) is 0 Å². The number of ether oxygens (including phenoxy) is 3. The SMILES string of the molecule is COc1cc(NS(=O)(=O)c2cc3[nH]c(=O)[nH]c3cc2Cl)cc(OC)c1OC. The van der Waals surface area contributed by atoms with Gasteiger partial charge in [-0.3, -0.25) is 4.72 Å². The Morgan fingerprint density at radius 2 is 1.48 bits per heavy atom. The van der Waals surface area contributed by atoms with E-state index in [0.717, 1.165) is 0 Å². The predicted molar refractivity (Wildman–Crippen MR) is 101 cm³/mol. The molecule has 0 saturated carbocycles. The number of rotatable bonds is 6. The lowest BCUT2D eigenvalue weighted by atomic mass is 10.2. The number of nitrogens with one attached hydrogen (secondary N) is 3. The van der Waals surface area contributed by atoms with Crippen molar-refractivity contribution in [3.63, 3.8) is 0 Å². The maximum Gasteiger partial charge on any atom is 0.323 e. The summed E-state index contributed by atoms with van der Waals surface area (Å²) >= 11 is 6.10. The Bertz CT molecular complexity index is 1140. The summed E-state index contributed by atoms with van der Waals surface area (Å²) in [4.78, 5) is 16.2. The maximum atomic E-state index is 12.8. The van der Waals surface area contributed by atoms with Gasteiger partial charge in [-0.2, -0.15) is 0 Å². The van der Waals surface area contributed by atoms with E-state index in [0.29, 0.717) is 16.8 Å². The molecule has 1 aromatic heterocycles. The molecule has 0 spiro atoms. The molecule has 3 aromatic rings. The number of anilines is 1. The summed E-state index contributed by atoms with van der Waals surface area (Å²) in [5.74, 6) is 0.893. The van der Waals surface area contributed by atoms with Crippen molar-refractivity contribution in [3.05, 3.63) is 39.8 Å². The van der Waals surface area contributed by atoms with Gasteiger partial charge >= 0.3 is 5.69 Å². The fourth-order valence-electron chi connectivity index (χ4n) is 2.59. The first-order valence-electron chi connectivity index (χ1n) is 7.53. The normalized spacial score (nSPS) is 11.4. The number of halogens is 1. The Labute approximate surface area is 159 Å². The molecule has 0 unspecified atom stereocenters. The van der Waals surface area contributed by atoms with E-state index in [2.05, 4.69) is 14.7 Å². The van der Waals surface area contributed by atoms with E-state index < -0.39 is 15.7 Å². The molecule has 0 aliphatic carbocycles. The first-order valence-corrected chi connectivity index (χ1v) is 9.39. The van der Waals surface area contributed by atoms with E-state index in [9.17, 15) is 13.2 Å². The minimum atomic E-state index is -4.07. The van der Waals surface area contributed by atoms with Crippen molar-refractivity contribution in [1.82, 2.24) is 9.97 Å². The zero-order valence-corrected chi connectivity index (χ0v) is 16.1. The van der Waals surface area contributed by atoms with Crippen molar-refractivity contribution >= 4 is 38.3 Å². The summed E-state index contributed by atoms with van der Waals surface area (Å²) in [5, 5.41) is -0.0438. The molecule has 0 aliphatic heterocycles. The monoisotopic (exact) mass is 413 g/mol. The van der Waals surface area contributed by atoms with Gasteiger partial charge in [-0.15, -0.1) is 0 Å². The van der Waals surface area contributed by atoms with E-state index in [-0.39, 0.29) is 27.1 Å². The Hall–Kier alpha value is -2.85. The lowest BCUT2D eigenvalue weighted by Gasteiger charge is -2.15. The summed E-state index contributed by atoms with van der Waals surface area (Å²) < 4.78 is 43.7. The topological polar surface area (TPSA) is 123 Å². The second-order valence-electron chi connectivity index (χ2n) is 5.43. The maximum absolute atomic E-state index is 12.8. The van der Waals surface area contributed by atoms with Gasteiger partial charge in [0, 0.05) is 12.1 Å². The minimum absolute atomic E-state index is 0.0438. The molecule has 0 saturated heterocycles. The van der Waals surface area contributed by atoms with E-state index >= 15 is 0 Å². The number of hydrogen-bond donors (Lipinski definition) is 3. The van der Waals surface area contributed by atoms with Crippen LogP contribution in [-0.4, -0.2) is 39.7 Å². The van der Waals surface area contributed by atoms with Gasteiger partial charge in [0.05, 0.1) is 43.1 Å². The van der Waals surface area contributed by atoms with Gasteiger partial charge in [-0.1, -0.05) is 11.6 Å². The summed E-state index contributed by atoms with van der Waals surface area (Å²) in [6.07, 6.45) is 0. The average Bonchev–Trinajstić information content (AvgIpc) is 2.98. The van der Waals surface area contributed by atoms with Crippen molar-refractivity contribution in [2.75, 3.05) is 26.1 Å². The van der Waals surface area contributed by atoms with Crippen molar-refractivity contribution in [2.24, 2.45) is 0 Å². The first kappa shape index (κ1) is 18.9. The van der Waals surface area contributed by atoms with Crippen molar-refractivity contribution < 1.29 is 22.6 Å². The molecule has 27 heavy (non-hydrogen) atoms. The summed E-state index contributed by atoms with van der Waals surface area (Å²) in [6.45, 7) is 0. The highest BCUT2D eigenvalue weighted by atomic mass is 35.5. The minimum Gasteiger partial charge on any atom is -0.493 e. The highest BCUT2D eigenvalue weighted by Crippen LogP contribution is 2.40. The Kier molecular flexibility index (Phi) is 4.94. The van der Waals surface area contributed by atoms with Crippen LogP contribution in [0.15, 0.2) is 34.0 Å². The van der Waals surface area contributed by atoms with Gasteiger partial charge in [0.2, 0.25) is 5.75 Å². The van der Waals surface area contributed by atoms with Crippen molar-refractivity contribution in [3.8, 4) is 17.2 Å². The summed E-state index contributed by atoms with van der Waals surface area (Å²) in [6, 6.07) is 5.53. The number of aromatic amines is 2. The molecule has 0 fully saturated rings. The fourth-order valence-corrected chi connectivity index (χ4v) is 4.19. The Morgan fingerprint density at radius 3 is 2.00 bits per heavy atom. The highest BCUT2D eigenvalue weighted by molar-refractivity contribution is 7.92. The number of sulfonamides is 1. The van der Waals surface area contributed by atoms with Crippen LogP contribution >= 0.6 is 11.6 Å². The van der Waals surface area contributed by atoms with Crippen LogP contribution in [0.3, 0.4) is 0 Å². The molecule has 0 atom stereocenters. The second kappa shape index (κ2) is 7.05. The quantitative estimate of drug-likeness (QED) is 0.570. The molecule has 0 bridgehead atoms. The molecule has 144 valence electrons. The lowest BCUT2D eigenvalue weighted by molar-refractivity contribution is 0.325. The van der Waals surface area contributed by atoms with Crippen LogP contribution in [-0.2, 0) is 10.0 Å². The molecule has 9 nitrogen and oxygen atoms in total. The van der Waals surface area contributed by atoms with Crippen molar-refractivity contribution in [1.29, 1.82) is 0 Å². The van der Waals surface area contributed by atoms with Crippen molar-refractivity contribution in [2.45, 2.75) is 4.90 Å². The van der Waals surface area contributed by atoms with Gasteiger partial charge in [0.15, 0.2) is 11.5 Å². The third-order valence-corrected chi connectivity index (χ3v) is 5.62. The molecule has 0 amide bonds. The third kappa shape index (κ3) is 3.53. The smallest absolute Gasteiger partial charge is 0.323 e. The second-order valence-corrected chi connectivity index (χ2v) is 7.48. The number of hydrogen-bond acceptors (Lipinski definition) is 6. The number of imidazole rings is 1. The van der Waals surface area contributed by atoms with Crippen LogP contribution in [0.25, 0.3) is 11.0 Å². The Balaban J connectivity index is 2.07. The summed E-state index contributed by atoms with van der Waals surface area (Å²) in [7, 11) is 0.214. The Morgan fingerprint density at radius 1 is 0.926 bits per heavy atom. The third-order valence-electron chi connectivity index (χ3n) is 3.77. The largest absolute Gasteiger partial charge is 0.493 e. The van der Waals surface area contributed by atoms with Gasteiger partial charge in [-0.05, 0) is 12.1 Å². The molecule has 3 N–H and O–H groups in total. The number of methoxy groups -OCH3 is 3. The van der Waals surface area contributed by atoms with Crippen LogP contribution in [0, 0.1) is 0 Å². The molecular weight excluding hydrogens is 398 g/mol. The molecular formula is C16H16ClN3O6S. The van der Waals surface area contributed by atoms with Gasteiger partial charge in [0.1, 0.15) is 4.90 Å². The molecule has 0 radical (unpaired) electrons. The molecule has 3 rings (SSSR count). The van der Waals surface area contributed by atoms with Crippen LogP contribution in [0.5, 0.6) is 17.2 Å². The highest BCUT2D eigenvalue weighted by Gasteiger charge is 2.22. The average molecular weight is 414 g/mol. The number of fused-ring (bicyclic) bond motifs is 1. The zero-order valence-electron chi connectivity index (χ0n) is 14.5. The molecule has 2 aromatic carbocycles.